The predicted octanol–water partition coefficient (Wildman–Crippen LogP) is 4.84. The standard InChI is InChI=1S/C21H21ClN2O2/c1-23(2)19-10-8-16(9-11-19)14-24(15-20-7-4-12-26-20)21(25)17-5-3-6-18(22)13-17/h3-13H,14-15H2,1-2H3. The average molecular weight is 369 g/mol. The van der Waals surface area contributed by atoms with E-state index in [-0.39, 0.29) is 5.91 Å². The van der Waals surface area contributed by atoms with Crippen molar-refractivity contribution in [1.29, 1.82) is 0 Å². The Hall–Kier alpha value is -2.72. The Morgan fingerprint density at radius 3 is 2.38 bits per heavy atom. The molecule has 0 N–H and O–H groups in total. The Morgan fingerprint density at radius 1 is 1.00 bits per heavy atom. The summed E-state index contributed by atoms with van der Waals surface area (Å²) in [5.74, 6) is 0.658. The van der Waals surface area contributed by atoms with Crippen LogP contribution < -0.4 is 4.90 Å². The van der Waals surface area contributed by atoms with Crippen molar-refractivity contribution in [3.8, 4) is 0 Å². The van der Waals surface area contributed by atoms with Crippen LogP contribution in [0.15, 0.2) is 71.3 Å². The quantitative estimate of drug-likeness (QED) is 0.624. The van der Waals surface area contributed by atoms with Gasteiger partial charge in [0.1, 0.15) is 5.76 Å². The van der Waals surface area contributed by atoms with E-state index in [2.05, 4.69) is 0 Å². The Bertz CT molecular complexity index is 858. The third-order valence-electron chi connectivity index (χ3n) is 4.11. The molecule has 1 amide bonds. The summed E-state index contributed by atoms with van der Waals surface area (Å²) >= 11 is 6.05. The van der Waals surface area contributed by atoms with Crippen LogP contribution in [0.4, 0.5) is 5.69 Å². The lowest BCUT2D eigenvalue weighted by atomic mass is 10.1. The van der Waals surface area contributed by atoms with Gasteiger partial charge in [-0.2, -0.15) is 0 Å². The summed E-state index contributed by atoms with van der Waals surface area (Å²) in [4.78, 5) is 16.8. The highest BCUT2D eigenvalue weighted by molar-refractivity contribution is 6.30. The number of furan rings is 1. The van der Waals surface area contributed by atoms with E-state index in [0.29, 0.717) is 23.7 Å². The Morgan fingerprint density at radius 2 is 1.77 bits per heavy atom. The molecule has 0 aliphatic rings. The second-order valence-corrected chi connectivity index (χ2v) is 6.75. The van der Waals surface area contributed by atoms with Crippen molar-refractivity contribution in [2.45, 2.75) is 13.1 Å². The molecule has 1 aromatic heterocycles. The van der Waals surface area contributed by atoms with Crippen LogP contribution in [0.5, 0.6) is 0 Å². The van der Waals surface area contributed by atoms with Gasteiger partial charge in [-0.1, -0.05) is 29.8 Å². The first-order chi connectivity index (χ1) is 12.5. The number of halogens is 1. The second kappa shape index (κ2) is 8.11. The third-order valence-corrected chi connectivity index (χ3v) is 4.35. The monoisotopic (exact) mass is 368 g/mol. The first-order valence-corrected chi connectivity index (χ1v) is 8.74. The van der Waals surface area contributed by atoms with Gasteiger partial charge in [0, 0.05) is 36.9 Å². The number of carbonyl (C=O) groups excluding carboxylic acids is 1. The number of nitrogens with zero attached hydrogens (tertiary/aromatic N) is 2. The summed E-state index contributed by atoms with van der Waals surface area (Å²) in [7, 11) is 4.00. The number of carbonyl (C=O) groups is 1. The smallest absolute Gasteiger partial charge is 0.254 e. The molecule has 0 atom stereocenters. The summed E-state index contributed by atoms with van der Waals surface area (Å²) in [6.07, 6.45) is 1.61. The van der Waals surface area contributed by atoms with Crippen LogP contribution in [-0.4, -0.2) is 24.9 Å². The molecule has 1 heterocycles. The zero-order valence-corrected chi connectivity index (χ0v) is 15.6. The van der Waals surface area contributed by atoms with E-state index in [1.165, 1.54) is 0 Å². The first kappa shape index (κ1) is 18.1. The van der Waals surface area contributed by atoms with Crippen LogP contribution in [0, 0.1) is 0 Å². The van der Waals surface area contributed by atoms with Crippen molar-refractivity contribution in [3.63, 3.8) is 0 Å². The fourth-order valence-corrected chi connectivity index (χ4v) is 2.90. The van der Waals surface area contributed by atoms with Crippen LogP contribution in [-0.2, 0) is 13.1 Å². The molecule has 2 aromatic carbocycles. The van der Waals surface area contributed by atoms with Crippen molar-refractivity contribution >= 4 is 23.2 Å². The predicted molar refractivity (Wildman–Crippen MR) is 105 cm³/mol. The SMILES string of the molecule is CN(C)c1ccc(CN(Cc2ccco2)C(=O)c2cccc(Cl)c2)cc1. The fourth-order valence-electron chi connectivity index (χ4n) is 2.71. The molecule has 134 valence electrons. The molecule has 3 rings (SSSR count). The van der Waals surface area contributed by atoms with Gasteiger partial charge in [-0.05, 0) is 48.0 Å². The van der Waals surface area contributed by atoms with Gasteiger partial charge in [0.2, 0.25) is 0 Å². The minimum absolute atomic E-state index is 0.0828. The van der Waals surface area contributed by atoms with Crippen molar-refractivity contribution in [3.05, 3.63) is 88.8 Å². The van der Waals surface area contributed by atoms with E-state index in [4.69, 9.17) is 16.0 Å². The second-order valence-electron chi connectivity index (χ2n) is 6.31. The summed E-state index contributed by atoms with van der Waals surface area (Å²) in [5.41, 5.74) is 2.74. The maximum atomic E-state index is 13.0. The molecular weight excluding hydrogens is 348 g/mol. The van der Waals surface area contributed by atoms with Crippen LogP contribution in [0.1, 0.15) is 21.7 Å². The maximum absolute atomic E-state index is 13.0. The summed E-state index contributed by atoms with van der Waals surface area (Å²) in [5, 5.41) is 0.545. The van der Waals surface area contributed by atoms with E-state index in [9.17, 15) is 4.79 Å². The van der Waals surface area contributed by atoms with Gasteiger partial charge in [0.25, 0.3) is 5.91 Å². The molecule has 0 unspecified atom stereocenters. The van der Waals surface area contributed by atoms with E-state index in [0.717, 1.165) is 17.0 Å². The van der Waals surface area contributed by atoms with Gasteiger partial charge in [0.15, 0.2) is 0 Å². The van der Waals surface area contributed by atoms with Crippen LogP contribution in [0.25, 0.3) is 0 Å². The van der Waals surface area contributed by atoms with Crippen molar-refractivity contribution in [2.75, 3.05) is 19.0 Å². The molecule has 3 aromatic rings. The lowest BCUT2D eigenvalue weighted by Crippen LogP contribution is -2.30. The first-order valence-electron chi connectivity index (χ1n) is 8.36. The molecule has 4 nitrogen and oxygen atoms in total. The van der Waals surface area contributed by atoms with Crippen molar-refractivity contribution in [1.82, 2.24) is 4.90 Å². The number of benzene rings is 2. The topological polar surface area (TPSA) is 36.7 Å². The Kier molecular flexibility index (Phi) is 5.64. The Labute approximate surface area is 158 Å². The highest BCUT2D eigenvalue weighted by atomic mass is 35.5. The molecule has 0 radical (unpaired) electrons. The molecule has 26 heavy (non-hydrogen) atoms. The molecule has 0 aliphatic carbocycles. The highest BCUT2D eigenvalue weighted by Gasteiger charge is 2.18. The number of anilines is 1. The Balaban J connectivity index is 1.84. The number of hydrogen-bond donors (Lipinski definition) is 0. The minimum atomic E-state index is -0.0828. The summed E-state index contributed by atoms with van der Waals surface area (Å²) in [6.45, 7) is 0.882. The van der Waals surface area contributed by atoms with Gasteiger partial charge in [-0.3, -0.25) is 4.79 Å². The number of amides is 1. The van der Waals surface area contributed by atoms with Crippen LogP contribution in [0.3, 0.4) is 0 Å². The largest absolute Gasteiger partial charge is 0.467 e. The number of rotatable bonds is 6. The molecule has 0 saturated heterocycles. The zero-order chi connectivity index (χ0) is 18.5. The summed E-state index contributed by atoms with van der Waals surface area (Å²) < 4.78 is 5.44. The molecule has 0 aliphatic heterocycles. The summed E-state index contributed by atoms with van der Waals surface area (Å²) in [6, 6.07) is 18.9. The van der Waals surface area contributed by atoms with Gasteiger partial charge in [0.05, 0.1) is 12.8 Å². The molecule has 0 spiro atoms. The van der Waals surface area contributed by atoms with Gasteiger partial charge in [-0.25, -0.2) is 0 Å². The van der Waals surface area contributed by atoms with Gasteiger partial charge < -0.3 is 14.2 Å². The third kappa shape index (κ3) is 4.46. The van der Waals surface area contributed by atoms with Crippen molar-refractivity contribution in [2.24, 2.45) is 0 Å². The maximum Gasteiger partial charge on any atom is 0.254 e. The fraction of sp³-hybridized carbons (Fsp3) is 0.190. The van der Waals surface area contributed by atoms with E-state index in [1.54, 1.807) is 35.4 Å². The van der Waals surface area contributed by atoms with Gasteiger partial charge in [-0.15, -0.1) is 0 Å². The van der Waals surface area contributed by atoms with Crippen molar-refractivity contribution < 1.29 is 9.21 Å². The average Bonchev–Trinajstić information content (AvgIpc) is 3.14. The number of hydrogen-bond acceptors (Lipinski definition) is 3. The van der Waals surface area contributed by atoms with E-state index < -0.39 is 0 Å². The molecular formula is C21H21ClN2O2. The minimum Gasteiger partial charge on any atom is -0.467 e. The van der Waals surface area contributed by atoms with E-state index in [1.807, 2.05) is 55.4 Å². The lowest BCUT2D eigenvalue weighted by Gasteiger charge is -2.22. The highest BCUT2D eigenvalue weighted by Crippen LogP contribution is 2.19. The lowest BCUT2D eigenvalue weighted by molar-refractivity contribution is 0.0717. The van der Waals surface area contributed by atoms with Crippen LogP contribution >= 0.6 is 11.6 Å². The molecule has 0 fully saturated rings. The molecule has 0 bridgehead atoms. The zero-order valence-electron chi connectivity index (χ0n) is 14.9. The van der Waals surface area contributed by atoms with Crippen LogP contribution in [0.2, 0.25) is 5.02 Å². The van der Waals surface area contributed by atoms with Gasteiger partial charge >= 0.3 is 0 Å². The molecule has 5 heteroatoms. The normalized spacial score (nSPS) is 10.6. The van der Waals surface area contributed by atoms with E-state index >= 15 is 0 Å². The molecule has 0 saturated carbocycles.